The van der Waals surface area contributed by atoms with Gasteiger partial charge in [0.2, 0.25) is 0 Å². The molecule has 112 valence electrons. The first-order valence-electron chi connectivity index (χ1n) is 7.45. The number of rotatable bonds is 5. The van der Waals surface area contributed by atoms with Crippen LogP contribution in [0.3, 0.4) is 0 Å². The molecule has 0 radical (unpaired) electrons. The lowest BCUT2D eigenvalue weighted by Crippen LogP contribution is -2.30. The van der Waals surface area contributed by atoms with Gasteiger partial charge in [0.05, 0.1) is 18.1 Å². The largest absolute Gasteiger partial charge is 0.348 e. The van der Waals surface area contributed by atoms with Crippen LogP contribution in [0.5, 0.6) is 0 Å². The number of nitrogens with one attached hydrogen (secondary N) is 3. The minimum absolute atomic E-state index is 0.369. The third-order valence-electron chi connectivity index (χ3n) is 4.15. The summed E-state index contributed by atoms with van der Waals surface area (Å²) < 4.78 is 0. The number of hydrazine groups is 1. The number of benzene rings is 1. The minimum Gasteiger partial charge on any atom is -0.348 e. The monoisotopic (exact) mass is 285 g/mol. The molecular formula is C16H23N5. The Morgan fingerprint density at radius 1 is 1.29 bits per heavy atom. The fourth-order valence-corrected chi connectivity index (χ4v) is 2.99. The first-order chi connectivity index (χ1) is 10.2. The fourth-order valence-electron chi connectivity index (χ4n) is 2.99. The summed E-state index contributed by atoms with van der Waals surface area (Å²) in [5, 5.41) is 0. The van der Waals surface area contributed by atoms with Crippen LogP contribution in [0, 0.1) is 12.8 Å². The molecule has 0 amide bonds. The molecule has 0 aliphatic carbocycles. The molecule has 1 aromatic carbocycles. The van der Waals surface area contributed by atoms with Crippen molar-refractivity contribution in [3.63, 3.8) is 0 Å². The van der Waals surface area contributed by atoms with E-state index in [1.807, 2.05) is 0 Å². The summed E-state index contributed by atoms with van der Waals surface area (Å²) in [6.07, 6.45) is 1.77. The van der Waals surface area contributed by atoms with Gasteiger partial charge in [0.15, 0.2) is 0 Å². The predicted octanol–water partition coefficient (Wildman–Crippen LogP) is 1.62. The van der Waals surface area contributed by atoms with Crippen molar-refractivity contribution in [2.75, 3.05) is 20.1 Å². The fraction of sp³-hybridized carbons (Fsp3) is 0.438. The Morgan fingerprint density at radius 3 is 2.81 bits per heavy atom. The van der Waals surface area contributed by atoms with Crippen molar-refractivity contribution >= 4 is 0 Å². The van der Waals surface area contributed by atoms with Crippen LogP contribution in [0.4, 0.5) is 0 Å². The Morgan fingerprint density at radius 2 is 2.10 bits per heavy atom. The van der Waals surface area contributed by atoms with Crippen LogP contribution in [0.15, 0.2) is 36.7 Å². The van der Waals surface area contributed by atoms with E-state index in [0.717, 1.165) is 31.0 Å². The molecule has 1 fully saturated rings. The van der Waals surface area contributed by atoms with Crippen molar-refractivity contribution in [3.8, 4) is 0 Å². The van der Waals surface area contributed by atoms with Crippen molar-refractivity contribution in [2.24, 2.45) is 5.92 Å². The predicted molar refractivity (Wildman–Crippen MR) is 83.5 cm³/mol. The molecular weight excluding hydrogens is 262 g/mol. The Labute approximate surface area is 125 Å². The van der Waals surface area contributed by atoms with E-state index in [1.165, 1.54) is 5.56 Å². The van der Waals surface area contributed by atoms with Crippen LogP contribution in [0.1, 0.15) is 23.0 Å². The van der Waals surface area contributed by atoms with Gasteiger partial charge in [0.1, 0.15) is 0 Å². The molecule has 2 heterocycles. The Bertz CT molecular complexity index is 565. The van der Waals surface area contributed by atoms with Gasteiger partial charge in [-0.3, -0.25) is 5.43 Å². The Kier molecular flexibility index (Phi) is 4.34. The van der Waals surface area contributed by atoms with Gasteiger partial charge >= 0.3 is 0 Å². The lowest BCUT2D eigenvalue weighted by molar-refractivity contribution is 0.260. The molecule has 0 bridgehead atoms. The maximum Gasteiger partial charge on any atom is 0.0925 e. The van der Waals surface area contributed by atoms with Gasteiger partial charge in [-0.1, -0.05) is 30.3 Å². The van der Waals surface area contributed by atoms with Crippen molar-refractivity contribution in [1.82, 2.24) is 25.7 Å². The standard InChI is InChI=1S/C16H23N5/c1-12-15(18-11-17-12)10-21(2)9-14-8-19-20-16(14)13-6-4-3-5-7-13/h3-7,11,14,16,19-20H,8-10H2,1-2H3,(H,17,18). The summed E-state index contributed by atoms with van der Waals surface area (Å²) in [6.45, 7) is 4.98. The van der Waals surface area contributed by atoms with Gasteiger partial charge in [0.25, 0.3) is 0 Å². The normalized spacial score (nSPS) is 22.0. The summed E-state index contributed by atoms with van der Waals surface area (Å²) in [4.78, 5) is 9.86. The second kappa shape index (κ2) is 6.39. The smallest absolute Gasteiger partial charge is 0.0925 e. The number of imidazole rings is 1. The highest BCUT2D eigenvalue weighted by Crippen LogP contribution is 2.25. The number of aryl methyl sites for hydroxylation is 1. The first-order valence-corrected chi connectivity index (χ1v) is 7.45. The first kappa shape index (κ1) is 14.3. The number of H-pyrrole nitrogens is 1. The van der Waals surface area contributed by atoms with Crippen LogP contribution in [0.25, 0.3) is 0 Å². The number of hydrogen-bond donors (Lipinski definition) is 3. The van der Waals surface area contributed by atoms with E-state index in [1.54, 1.807) is 6.33 Å². The summed E-state index contributed by atoms with van der Waals surface area (Å²) >= 11 is 0. The van der Waals surface area contributed by atoms with E-state index < -0.39 is 0 Å². The van der Waals surface area contributed by atoms with Crippen molar-refractivity contribution in [2.45, 2.75) is 19.5 Å². The van der Waals surface area contributed by atoms with Crippen LogP contribution in [0.2, 0.25) is 0 Å². The maximum atomic E-state index is 4.38. The second-order valence-corrected chi connectivity index (χ2v) is 5.84. The molecule has 1 aromatic heterocycles. The average Bonchev–Trinajstić information content (AvgIpc) is 3.10. The third kappa shape index (κ3) is 3.32. The van der Waals surface area contributed by atoms with Crippen molar-refractivity contribution in [3.05, 3.63) is 53.6 Å². The molecule has 5 heteroatoms. The lowest BCUT2D eigenvalue weighted by Gasteiger charge is -2.24. The van der Waals surface area contributed by atoms with E-state index in [4.69, 9.17) is 0 Å². The molecule has 2 atom stereocenters. The van der Waals surface area contributed by atoms with Gasteiger partial charge < -0.3 is 9.88 Å². The number of aromatic amines is 1. The zero-order valence-corrected chi connectivity index (χ0v) is 12.6. The minimum atomic E-state index is 0.369. The molecule has 3 N–H and O–H groups in total. The van der Waals surface area contributed by atoms with Crippen LogP contribution >= 0.6 is 0 Å². The third-order valence-corrected chi connectivity index (χ3v) is 4.15. The zero-order valence-electron chi connectivity index (χ0n) is 12.6. The molecule has 1 aliphatic rings. The number of aromatic nitrogens is 2. The van der Waals surface area contributed by atoms with E-state index >= 15 is 0 Å². The zero-order chi connectivity index (χ0) is 14.7. The summed E-state index contributed by atoms with van der Waals surface area (Å²) in [5.41, 5.74) is 10.3. The number of hydrogen-bond acceptors (Lipinski definition) is 4. The lowest BCUT2D eigenvalue weighted by atomic mass is 9.94. The SMILES string of the molecule is Cc1[nH]cnc1CN(C)CC1CNNC1c1ccccc1. The van der Waals surface area contributed by atoms with Gasteiger partial charge in [-0.2, -0.15) is 0 Å². The van der Waals surface area contributed by atoms with Crippen molar-refractivity contribution in [1.29, 1.82) is 0 Å². The highest BCUT2D eigenvalue weighted by atomic mass is 15.4. The van der Waals surface area contributed by atoms with Gasteiger partial charge in [0, 0.05) is 31.2 Å². The molecule has 21 heavy (non-hydrogen) atoms. The van der Waals surface area contributed by atoms with E-state index in [2.05, 4.69) is 70.0 Å². The molecule has 1 aliphatic heterocycles. The molecule has 1 saturated heterocycles. The Hall–Kier alpha value is -1.69. The van der Waals surface area contributed by atoms with Crippen LogP contribution < -0.4 is 10.9 Å². The average molecular weight is 285 g/mol. The van der Waals surface area contributed by atoms with Crippen LogP contribution in [-0.2, 0) is 6.54 Å². The highest BCUT2D eigenvalue weighted by molar-refractivity contribution is 5.20. The Balaban J connectivity index is 1.62. The van der Waals surface area contributed by atoms with Gasteiger partial charge in [-0.15, -0.1) is 0 Å². The molecule has 2 aromatic rings. The topological polar surface area (TPSA) is 56.0 Å². The van der Waals surface area contributed by atoms with E-state index in [0.29, 0.717) is 12.0 Å². The van der Waals surface area contributed by atoms with Gasteiger partial charge in [-0.05, 0) is 19.5 Å². The highest BCUT2D eigenvalue weighted by Gasteiger charge is 2.29. The van der Waals surface area contributed by atoms with E-state index in [-0.39, 0.29) is 0 Å². The molecule has 0 spiro atoms. The summed E-state index contributed by atoms with van der Waals surface area (Å²) in [7, 11) is 2.16. The molecule has 2 unspecified atom stereocenters. The second-order valence-electron chi connectivity index (χ2n) is 5.84. The summed E-state index contributed by atoms with van der Waals surface area (Å²) in [5.74, 6) is 0.552. The molecule has 3 rings (SSSR count). The maximum absolute atomic E-state index is 4.38. The molecule has 5 nitrogen and oxygen atoms in total. The van der Waals surface area contributed by atoms with Gasteiger partial charge in [-0.25, -0.2) is 10.4 Å². The van der Waals surface area contributed by atoms with Crippen molar-refractivity contribution < 1.29 is 0 Å². The number of nitrogens with zero attached hydrogens (tertiary/aromatic N) is 2. The van der Waals surface area contributed by atoms with Crippen LogP contribution in [-0.4, -0.2) is 35.0 Å². The summed E-state index contributed by atoms with van der Waals surface area (Å²) in [6, 6.07) is 11.0. The quantitative estimate of drug-likeness (QED) is 0.781. The van der Waals surface area contributed by atoms with E-state index in [9.17, 15) is 0 Å². The molecule has 0 saturated carbocycles.